The Labute approximate surface area is 105 Å². The Morgan fingerprint density at radius 2 is 2.12 bits per heavy atom. The van der Waals surface area contributed by atoms with Crippen LogP contribution in [0.1, 0.15) is 0 Å². The van der Waals surface area contributed by atoms with Gasteiger partial charge in [0, 0.05) is 23.1 Å². The molecule has 0 aliphatic heterocycles. The first-order chi connectivity index (χ1) is 8.17. The second-order valence-electron chi connectivity index (χ2n) is 3.63. The molecular formula is C12H15N3OS. The second-order valence-corrected chi connectivity index (χ2v) is 4.51. The van der Waals surface area contributed by atoms with Crippen LogP contribution in [-0.2, 0) is 7.05 Å². The van der Waals surface area contributed by atoms with E-state index in [0.717, 1.165) is 21.8 Å². The first-order valence-corrected chi connectivity index (χ1v) is 6.39. The summed E-state index contributed by atoms with van der Waals surface area (Å²) >= 11 is 1.68. The van der Waals surface area contributed by atoms with Crippen molar-refractivity contribution in [3.8, 4) is 16.9 Å². The summed E-state index contributed by atoms with van der Waals surface area (Å²) in [5.41, 5.74) is 7.84. The van der Waals surface area contributed by atoms with E-state index in [1.54, 1.807) is 29.8 Å². The highest BCUT2D eigenvalue weighted by atomic mass is 32.2. The molecule has 0 unspecified atom stereocenters. The summed E-state index contributed by atoms with van der Waals surface area (Å²) in [6.07, 6.45) is 3.79. The fourth-order valence-corrected chi connectivity index (χ4v) is 2.10. The number of nitrogens with two attached hydrogens (primary N) is 1. The molecule has 2 aromatic rings. The van der Waals surface area contributed by atoms with Crippen LogP contribution in [0.3, 0.4) is 0 Å². The quantitative estimate of drug-likeness (QED) is 0.849. The Balaban J connectivity index is 2.55. The second kappa shape index (κ2) is 4.71. The molecule has 0 aliphatic rings. The van der Waals surface area contributed by atoms with Gasteiger partial charge in [0.1, 0.15) is 11.6 Å². The minimum Gasteiger partial charge on any atom is -0.496 e. The summed E-state index contributed by atoms with van der Waals surface area (Å²) in [6.45, 7) is 0. The van der Waals surface area contributed by atoms with E-state index < -0.39 is 0 Å². The number of hydrogen-bond acceptors (Lipinski definition) is 4. The van der Waals surface area contributed by atoms with E-state index in [-0.39, 0.29) is 0 Å². The summed E-state index contributed by atoms with van der Waals surface area (Å²) < 4.78 is 7.05. The Hall–Kier alpha value is -1.62. The number of aromatic nitrogens is 2. The zero-order chi connectivity index (χ0) is 12.4. The molecule has 0 saturated carbocycles. The smallest absolute Gasteiger partial charge is 0.129 e. The van der Waals surface area contributed by atoms with E-state index >= 15 is 0 Å². The van der Waals surface area contributed by atoms with Crippen LogP contribution < -0.4 is 10.5 Å². The van der Waals surface area contributed by atoms with Crippen molar-refractivity contribution >= 4 is 17.6 Å². The Morgan fingerprint density at radius 1 is 1.35 bits per heavy atom. The first kappa shape index (κ1) is 11.9. The van der Waals surface area contributed by atoms with Gasteiger partial charge in [-0.05, 0) is 24.5 Å². The predicted molar refractivity (Wildman–Crippen MR) is 71.4 cm³/mol. The minimum atomic E-state index is 0.639. The first-order valence-electron chi connectivity index (χ1n) is 5.17. The fourth-order valence-electron chi connectivity index (χ4n) is 1.68. The number of hydrogen-bond donors (Lipinski definition) is 1. The van der Waals surface area contributed by atoms with Crippen LogP contribution >= 0.6 is 11.8 Å². The van der Waals surface area contributed by atoms with E-state index in [1.807, 2.05) is 25.4 Å². The molecule has 0 atom stereocenters. The molecule has 0 bridgehead atoms. The lowest BCUT2D eigenvalue weighted by Crippen LogP contribution is -1.98. The van der Waals surface area contributed by atoms with Crippen molar-refractivity contribution in [1.82, 2.24) is 9.78 Å². The van der Waals surface area contributed by atoms with Crippen molar-refractivity contribution in [2.24, 2.45) is 7.05 Å². The van der Waals surface area contributed by atoms with Crippen LogP contribution in [0.2, 0.25) is 0 Å². The van der Waals surface area contributed by atoms with Crippen molar-refractivity contribution < 1.29 is 4.74 Å². The van der Waals surface area contributed by atoms with Gasteiger partial charge in [0.2, 0.25) is 0 Å². The molecule has 1 aromatic heterocycles. The molecular weight excluding hydrogens is 234 g/mol. The zero-order valence-electron chi connectivity index (χ0n) is 10.1. The van der Waals surface area contributed by atoms with Crippen molar-refractivity contribution in [2.75, 3.05) is 19.1 Å². The van der Waals surface area contributed by atoms with E-state index in [2.05, 4.69) is 11.2 Å². The molecule has 0 saturated heterocycles. The van der Waals surface area contributed by atoms with Gasteiger partial charge < -0.3 is 10.5 Å². The van der Waals surface area contributed by atoms with Crippen molar-refractivity contribution in [3.63, 3.8) is 0 Å². The van der Waals surface area contributed by atoms with Crippen LogP contribution in [0.15, 0.2) is 29.3 Å². The van der Waals surface area contributed by atoms with Gasteiger partial charge in [-0.25, -0.2) is 0 Å². The van der Waals surface area contributed by atoms with E-state index in [0.29, 0.717) is 5.82 Å². The third-order valence-electron chi connectivity index (χ3n) is 2.68. The van der Waals surface area contributed by atoms with Gasteiger partial charge in [-0.2, -0.15) is 5.10 Å². The Morgan fingerprint density at radius 3 is 2.65 bits per heavy atom. The molecule has 1 heterocycles. The lowest BCUT2D eigenvalue weighted by molar-refractivity contribution is 0.415. The minimum absolute atomic E-state index is 0.639. The number of aryl methyl sites for hydroxylation is 1. The maximum atomic E-state index is 5.97. The Bertz CT molecular complexity index is 537. The molecule has 1 aromatic carbocycles. The number of benzene rings is 1. The van der Waals surface area contributed by atoms with Gasteiger partial charge in [0.25, 0.3) is 0 Å². The number of nitrogens with zero attached hydrogens (tertiary/aromatic N) is 2. The molecule has 5 heteroatoms. The van der Waals surface area contributed by atoms with Gasteiger partial charge in [-0.3, -0.25) is 4.68 Å². The molecule has 17 heavy (non-hydrogen) atoms. The molecule has 2 N–H and O–H groups in total. The van der Waals surface area contributed by atoms with Gasteiger partial charge in [0.05, 0.1) is 13.3 Å². The van der Waals surface area contributed by atoms with E-state index in [4.69, 9.17) is 10.5 Å². The molecule has 2 rings (SSSR count). The van der Waals surface area contributed by atoms with Crippen LogP contribution in [0.4, 0.5) is 5.82 Å². The third kappa shape index (κ3) is 2.10. The maximum absolute atomic E-state index is 5.97. The third-order valence-corrected chi connectivity index (χ3v) is 3.41. The largest absolute Gasteiger partial charge is 0.496 e. The Kier molecular flexibility index (Phi) is 3.28. The highest BCUT2D eigenvalue weighted by Gasteiger charge is 2.12. The van der Waals surface area contributed by atoms with Crippen LogP contribution in [-0.4, -0.2) is 23.1 Å². The van der Waals surface area contributed by atoms with Crippen LogP contribution in [0.5, 0.6) is 5.75 Å². The van der Waals surface area contributed by atoms with Crippen molar-refractivity contribution in [2.45, 2.75) is 4.90 Å². The molecule has 90 valence electrons. The summed E-state index contributed by atoms with van der Waals surface area (Å²) in [5, 5.41) is 4.14. The highest BCUT2D eigenvalue weighted by Crippen LogP contribution is 2.35. The molecule has 0 fully saturated rings. The molecule has 4 nitrogen and oxygen atoms in total. The van der Waals surface area contributed by atoms with E-state index in [1.165, 1.54) is 0 Å². The number of nitrogen functional groups attached to an aromatic ring is 1. The number of anilines is 1. The van der Waals surface area contributed by atoms with Crippen molar-refractivity contribution in [3.05, 3.63) is 24.4 Å². The lowest BCUT2D eigenvalue weighted by Gasteiger charge is -2.09. The lowest BCUT2D eigenvalue weighted by atomic mass is 10.1. The SMILES string of the molecule is COc1cc(SC)ccc1-c1cnn(C)c1N. The van der Waals surface area contributed by atoms with Gasteiger partial charge in [-0.15, -0.1) is 11.8 Å². The highest BCUT2D eigenvalue weighted by molar-refractivity contribution is 7.98. The monoisotopic (exact) mass is 249 g/mol. The average molecular weight is 249 g/mol. The normalized spacial score (nSPS) is 10.5. The van der Waals surface area contributed by atoms with Crippen LogP contribution in [0.25, 0.3) is 11.1 Å². The van der Waals surface area contributed by atoms with Gasteiger partial charge in [0.15, 0.2) is 0 Å². The number of ether oxygens (including phenoxy) is 1. The number of thioether (sulfide) groups is 1. The molecule has 0 spiro atoms. The molecule has 0 aliphatic carbocycles. The summed E-state index contributed by atoms with van der Waals surface area (Å²) in [6, 6.07) is 6.07. The topological polar surface area (TPSA) is 53.1 Å². The fraction of sp³-hybridized carbons (Fsp3) is 0.250. The number of methoxy groups -OCH3 is 1. The van der Waals surface area contributed by atoms with Crippen molar-refractivity contribution in [1.29, 1.82) is 0 Å². The van der Waals surface area contributed by atoms with Gasteiger partial charge in [-0.1, -0.05) is 0 Å². The summed E-state index contributed by atoms with van der Waals surface area (Å²) in [4.78, 5) is 1.16. The standard InChI is InChI=1S/C12H15N3OS/c1-15-12(13)10(7-14-15)9-5-4-8(17-3)6-11(9)16-2/h4-7H,13H2,1-3H3. The predicted octanol–water partition coefficient (Wildman–Crippen LogP) is 2.40. The average Bonchev–Trinajstić information content (AvgIpc) is 2.69. The van der Waals surface area contributed by atoms with Gasteiger partial charge >= 0.3 is 0 Å². The molecule has 0 radical (unpaired) electrons. The zero-order valence-corrected chi connectivity index (χ0v) is 10.9. The van der Waals surface area contributed by atoms with Crippen LogP contribution in [0, 0.1) is 0 Å². The number of rotatable bonds is 3. The maximum Gasteiger partial charge on any atom is 0.129 e. The molecule has 0 amide bonds. The van der Waals surface area contributed by atoms with E-state index in [9.17, 15) is 0 Å². The summed E-state index contributed by atoms with van der Waals surface area (Å²) in [7, 11) is 3.48. The summed E-state index contributed by atoms with van der Waals surface area (Å²) in [5.74, 6) is 1.46.